The maximum absolute atomic E-state index is 11.1. The number of carboxylic acid groups (broad SMARTS) is 1. The van der Waals surface area contributed by atoms with E-state index in [1.807, 2.05) is 30.5 Å². The molecule has 10 heteroatoms. The highest BCUT2D eigenvalue weighted by Crippen LogP contribution is 2.43. The fourth-order valence-corrected chi connectivity index (χ4v) is 3.36. The van der Waals surface area contributed by atoms with Gasteiger partial charge in [0, 0.05) is 11.3 Å². The summed E-state index contributed by atoms with van der Waals surface area (Å²) in [6.45, 7) is -0.520. The maximum Gasteiger partial charge on any atom is 0.341 e. The fraction of sp³-hybridized carbons (Fsp3) is 0.200. The lowest BCUT2D eigenvalue weighted by Gasteiger charge is -2.22. The second-order valence-corrected chi connectivity index (χ2v) is 6.97. The first kappa shape index (κ1) is 19.8. The van der Waals surface area contributed by atoms with E-state index in [4.69, 9.17) is 19.3 Å². The van der Waals surface area contributed by atoms with Crippen molar-refractivity contribution >= 4 is 23.4 Å². The maximum atomic E-state index is 11.1. The van der Waals surface area contributed by atoms with E-state index >= 15 is 0 Å². The molecule has 1 atom stereocenters. The van der Waals surface area contributed by atoms with Crippen LogP contribution < -0.4 is 19.5 Å². The number of rotatable bonds is 6. The highest BCUT2D eigenvalue weighted by Gasteiger charge is 2.29. The number of hydrogen-bond donors (Lipinski definition) is 2. The third-order valence-electron chi connectivity index (χ3n) is 4.37. The molecule has 0 saturated carbocycles. The van der Waals surface area contributed by atoms with Crippen LogP contribution in [-0.4, -0.2) is 46.2 Å². The molecule has 0 unspecified atom stereocenters. The summed E-state index contributed by atoms with van der Waals surface area (Å²) in [6.07, 6.45) is 1.11. The number of fused-ring (bicyclic) bond motifs is 3. The topological polar surface area (TPSA) is 116 Å². The molecule has 0 amide bonds. The predicted molar refractivity (Wildman–Crippen MR) is 110 cm³/mol. The molecule has 30 heavy (non-hydrogen) atoms. The molecular formula is C20H18N4O5S. The van der Waals surface area contributed by atoms with Gasteiger partial charge in [-0.25, -0.2) is 4.79 Å². The van der Waals surface area contributed by atoms with E-state index in [9.17, 15) is 4.79 Å². The summed E-state index contributed by atoms with van der Waals surface area (Å²) in [7, 11) is 1.49. The molecule has 0 bridgehead atoms. The summed E-state index contributed by atoms with van der Waals surface area (Å²) in [5.41, 5.74) is 2.62. The number of hydrogen-bond acceptors (Lipinski definition) is 9. The Labute approximate surface area is 176 Å². The number of anilines is 1. The molecule has 1 aliphatic heterocycles. The lowest BCUT2D eigenvalue weighted by Crippen LogP contribution is -2.20. The van der Waals surface area contributed by atoms with Crippen molar-refractivity contribution in [1.29, 1.82) is 0 Å². The average molecular weight is 426 g/mol. The fourth-order valence-electron chi connectivity index (χ4n) is 3.06. The summed E-state index contributed by atoms with van der Waals surface area (Å²) in [5.74, 6) is -0.127. The van der Waals surface area contributed by atoms with Gasteiger partial charge in [0.25, 0.3) is 0 Å². The first-order valence-electron chi connectivity index (χ1n) is 8.93. The van der Waals surface area contributed by atoms with Crippen LogP contribution in [0.3, 0.4) is 0 Å². The third-order valence-corrected chi connectivity index (χ3v) is 4.91. The molecule has 2 heterocycles. The molecule has 2 aromatic carbocycles. The molecule has 0 saturated heterocycles. The van der Waals surface area contributed by atoms with Crippen LogP contribution >= 0.6 is 11.8 Å². The summed E-state index contributed by atoms with van der Waals surface area (Å²) in [6, 6.07) is 12.8. The number of nitrogens with one attached hydrogen (secondary N) is 1. The van der Waals surface area contributed by atoms with E-state index < -0.39 is 18.8 Å². The molecule has 9 nitrogen and oxygen atoms in total. The summed E-state index contributed by atoms with van der Waals surface area (Å²) in [4.78, 5) is 15.5. The standard InChI is InChI=1S/C20H18N4O5S/c1-27-14-9-5-7-12(17(14)28-10-15(25)26)18-21-13-8-4-3-6-11(13)16-19(29-18)22-20(30-2)24-23-16/h3-9,18,21H,10H2,1-2H3,(H,25,26)/t18-/m1/s1. The van der Waals surface area contributed by atoms with Crippen molar-refractivity contribution in [3.8, 4) is 28.6 Å². The van der Waals surface area contributed by atoms with E-state index in [0.29, 0.717) is 28.0 Å². The van der Waals surface area contributed by atoms with Gasteiger partial charge in [0.2, 0.25) is 17.3 Å². The number of carboxylic acids is 1. The molecule has 1 aromatic heterocycles. The van der Waals surface area contributed by atoms with Crippen molar-refractivity contribution in [2.24, 2.45) is 0 Å². The van der Waals surface area contributed by atoms with Crippen LogP contribution in [0.4, 0.5) is 5.69 Å². The lowest BCUT2D eigenvalue weighted by atomic mass is 10.1. The van der Waals surface area contributed by atoms with Crippen LogP contribution in [-0.2, 0) is 4.79 Å². The molecule has 0 spiro atoms. The van der Waals surface area contributed by atoms with Gasteiger partial charge in [0.05, 0.1) is 12.7 Å². The third kappa shape index (κ3) is 3.81. The molecule has 3 aromatic rings. The molecule has 2 N–H and O–H groups in total. The van der Waals surface area contributed by atoms with Gasteiger partial charge in [-0.3, -0.25) is 0 Å². The number of benzene rings is 2. The summed E-state index contributed by atoms with van der Waals surface area (Å²) < 4.78 is 17.1. The number of methoxy groups -OCH3 is 1. The Hall–Kier alpha value is -3.53. The Morgan fingerprint density at radius 2 is 2.07 bits per heavy atom. The van der Waals surface area contributed by atoms with Gasteiger partial charge in [0.1, 0.15) is 0 Å². The predicted octanol–water partition coefficient (Wildman–Crippen LogP) is 3.24. The number of thioether (sulfide) groups is 1. The molecular weight excluding hydrogens is 408 g/mol. The SMILES string of the molecule is COc1cccc([C@@H]2Nc3ccccc3-c3nnc(SC)nc3O2)c1OCC(=O)O. The second-order valence-electron chi connectivity index (χ2n) is 6.20. The Morgan fingerprint density at radius 3 is 2.83 bits per heavy atom. The van der Waals surface area contributed by atoms with Crippen LogP contribution in [0.15, 0.2) is 47.6 Å². The Bertz CT molecular complexity index is 1090. The minimum absolute atomic E-state index is 0.271. The van der Waals surface area contributed by atoms with Crippen LogP contribution in [0, 0.1) is 0 Å². The number of carbonyl (C=O) groups is 1. The van der Waals surface area contributed by atoms with Crippen molar-refractivity contribution in [2.75, 3.05) is 25.3 Å². The second kappa shape index (κ2) is 8.46. The zero-order valence-corrected chi connectivity index (χ0v) is 17.0. The molecule has 4 rings (SSSR count). The van der Waals surface area contributed by atoms with Crippen LogP contribution in [0.1, 0.15) is 11.8 Å². The van der Waals surface area contributed by atoms with E-state index in [0.717, 1.165) is 11.3 Å². The minimum Gasteiger partial charge on any atom is -0.493 e. The zero-order valence-electron chi connectivity index (χ0n) is 16.2. The number of ether oxygens (including phenoxy) is 3. The highest BCUT2D eigenvalue weighted by atomic mass is 32.2. The van der Waals surface area contributed by atoms with Crippen molar-refractivity contribution in [3.63, 3.8) is 0 Å². The molecule has 0 aliphatic carbocycles. The van der Waals surface area contributed by atoms with Crippen molar-refractivity contribution in [3.05, 3.63) is 48.0 Å². The van der Waals surface area contributed by atoms with Crippen molar-refractivity contribution in [2.45, 2.75) is 11.4 Å². The van der Waals surface area contributed by atoms with Gasteiger partial charge in [0.15, 0.2) is 23.8 Å². The monoisotopic (exact) mass is 426 g/mol. The lowest BCUT2D eigenvalue weighted by molar-refractivity contribution is -0.139. The Balaban J connectivity index is 1.83. The highest BCUT2D eigenvalue weighted by molar-refractivity contribution is 7.98. The summed E-state index contributed by atoms with van der Waals surface area (Å²) >= 11 is 1.35. The largest absolute Gasteiger partial charge is 0.493 e. The van der Waals surface area contributed by atoms with E-state index in [1.165, 1.54) is 18.9 Å². The Morgan fingerprint density at radius 1 is 1.23 bits per heavy atom. The van der Waals surface area contributed by atoms with E-state index in [2.05, 4.69) is 20.5 Å². The first-order chi connectivity index (χ1) is 14.6. The molecule has 0 fully saturated rings. The van der Waals surface area contributed by atoms with Crippen molar-refractivity contribution in [1.82, 2.24) is 15.2 Å². The van der Waals surface area contributed by atoms with E-state index in [-0.39, 0.29) is 5.75 Å². The van der Waals surface area contributed by atoms with Gasteiger partial charge < -0.3 is 24.6 Å². The average Bonchev–Trinajstić information content (AvgIpc) is 2.93. The van der Waals surface area contributed by atoms with E-state index in [1.54, 1.807) is 18.2 Å². The van der Waals surface area contributed by atoms with Gasteiger partial charge in [-0.05, 0) is 24.5 Å². The first-order valence-corrected chi connectivity index (χ1v) is 10.2. The number of nitrogens with zero attached hydrogens (tertiary/aromatic N) is 3. The number of para-hydroxylation sites is 2. The quantitative estimate of drug-likeness (QED) is 0.569. The number of aromatic nitrogens is 3. The van der Waals surface area contributed by atoms with Crippen molar-refractivity contribution < 1.29 is 24.1 Å². The summed E-state index contributed by atoms with van der Waals surface area (Å²) in [5, 5.41) is 21.3. The number of aliphatic carboxylic acids is 1. The van der Waals surface area contributed by atoms with Gasteiger partial charge in [-0.15, -0.1) is 10.2 Å². The van der Waals surface area contributed by atoms with Crippen LogP contribution in [0.25, 0.3) is 11.3 Å². The molecule has 1 aliphatic rings. The molecule has 154 valence electrons. The van der Waals surface area contributed by atoms with Gasteiger partial charge in [-0.2, -0.15) is 4.98 Å². The minimum atomic E-state index is -1.10. The Kier molecular flexibility index (Phi) is 5.57. The molecule has 0 radical (unpaired) electrons. The van der Waals surface area contributed by atoms with Gasteiger partial charge >= 0.3 is 5.97 Å². The van der Waals surface area contributed by atoms with Crippen LogP contribution in [0.2, 0.25) is 0 Å². The normalized spacial score (nSPS) is 14.4. The van der Waals surface area contributed by atoms with Gasteiger partial charge in [-0.1, -0.05) is 36.0 Å². The van der Waals surface area contributed by atoms with Crippen LogP contribution in [0.5, 0.6) is 17.4 Å². The smallest absolute Gasteiger partial charge is 0.341 e. The zero-order chi connectivity index (χ0) is 21.1.